The number of rotatable bonds is 2. The Morgan fingerprint density at radius 2 is 2.41 bits per heavy atom. The van der Waals surface area contributed by atoms with E-state index in [0.29, 0.717) is 11.8 Å². The van der Waals surface area contributed by atoms with Gasteiger partial charge in [0.2, 0.25) is 0 Å². The maximum absolute atomic E-state index is 5.22. The normalized spacial score (nSPS) is 19.9. The van der Waals surface area contributed by atoms with Gasteiger partial charge in [0.1, 0.15) is 5.69 Å². The summed E-state index contributed by atoms with van der Waals surface area (Å²) in [6.07, 6.45) is 2.30. The molecule has 1 atom stereocenters. The first-order valence-corrected chi connectivity index (χ1v) is 6.30. The molecular weight excluding hydrogens is 260 g/mol. The monoisotopic (exact) mass is 272 g/mol. The fourth-order valence-corrected chi connectivity index (χ4v) is 2.42. The van der Waals surface area contributed by atoms with Gasteiger partial charge in [0, 0.05) is 17.8 Å². The summed E-state index contributed by atoms with van der Waals surface area (Å²) in [4.78, 5) is 8.55. The summed E-state index contributed by atoms with van der Waals surface area (Å²) in [7, 11) is 0. The van der Waals surface area contributed by atoms with E-state index in [1.807, 2.05) is 5.38 Å². The van der Waals surface area contributed by atoms with Crippen molar-refractivity contribution in [1.29, 1.82) is 0 Å². The SMILES string of the molecule is Cl.c1nc(-c2nc(C3CCCNC3)no2)cs1. The predicted octanol–water partition coefficient (Wildman–Crippen LogP) is 2.08. The summed E-state index contributed by atoms with van der Waals surface area (Å²) in [5.41, 5.74) is 2.54. The van der Waals surface area contributed by atoms with Crippen molar-refractivity contribution >= 4 is 23.7 Å². The summed E-state index contributed by atoms with van der Waals surface area (Å²) in [6, 6.07) is 0. The van der Waals surface area contributed by atoms with E-state index in [4.69, 9.17) is 4.52 Å². The highest BCUT2D eigenvalue weighted by molar-refractivity contribution is 7.07. The fraction of sp³-hybridized carbons (Fsp3) is 0.500. The topological polar surface area (TPSA) is 63.8 Å². The first-order chi connectivity index (χ1) is 7.93. The summed E-state index contributed by atoms with van der Waals surface area (Å²) in [6.45, 7) is 2.03. The molecule has 1 unspecified atom stereocenters. The molecular formula is C10H13ClN4OS. The maximum Gasteiger partial charge on any atom is 0.277 e. The van der Waals surface area contributed by atoms with Gasteiger partial charge < -0.3 is 9.84 Å². The Balaban J connectivity index is 0.00000108. The van der Waals surface area contributed by atoms with Crippen molar-refractivity contribution in [1.82, 2.24) is 20.4 Å². The molecule has 0 saturated carbocycles. The van der Waals surface area contributed by atoms with Crippen LogP contribution in [0.1, 0.15) is 24.6 Å². The van der Waals surface area contributed by atoms with Crippen LogP contribution >= 0.6 is 23.7 Å². The van der Waals surface area contributed by atoms with Crippen LogP contribution in [0.5, 0.6) is 0 Å². The van der Waals surface area contributed by atoms with E-state index in [1.54, 1.807) is 5.51 Å². The van der Waals surface area contributed by atoms with Gasteiger partial charge in [-0.1, -0.05) is 5.16 Å². The lowest BCUT2D eigenvalue weighted by Crippen LogP contribution is -2.28. The van der Waals surface area contributed by atoms with Crippen LogP contribution in [0.15, 0.2) is 15.4 Å². The minimum absolute atomic E-state index is 0. The van der Waals surface area contributed by atoms with E-state index in [1.165, 1.54) is 17.8 Å². The van der Waals surface area contributed by atoms with Gasteiger partial charge >= 0.3 is 0 Å². The summed E-state index contributed by atoms with van der Waals surface area (Å²) in [5, 5.41) is 9.29. The van der Waals surface area contributed by atoms with Crippen LogP contribution in [0.4, 0.5) is 0 Å². The first kappa shape index (κ1) is 12.5. The van der Waals surface area contributed by atoms with Gasteiger partial charge in [-0.05, 0) is 19.4 Å². The highest BCUT2D eigenvalue weighted by Crippen LogP contribution is 2.23. The van der Waals surface area contributed by atoms with Gasteiger partial charge in [0.05, 0.1) is 5.51 Å². The van der Waals surface area contributed by atoms with Crippen LogP contribution in [0.2, 0.25) is 0 Å². The van der Waals surface area contributed by atoms with Crippen molar-refractivity contribution in [2.24, 2.45) is 0 Å². The van der Waals surface area contributed by atoms with Gasteiger partial charge in [-0.2, -0.15) is 4.98 Å². The number of halogens is 1. The lowest BCUT2D eigenvalue weighted by molar-refractivity contribution is 0.393. The molecule has 2 aromatic rings. The van der Waals surface area contributed by atoms with Crippen molar-refractivity contribution in [3.8, 4) is 11.6 Å². The summed E-state index contributed by atoms with van der Waals surface area (Å²) in [5.74, 6) is 1.71. The highest BCUT2D eigenvalue weighted by Gasteiger charge is 2.21. The third-order valence-corrected chi connectivity index (χ3v) is 3.34. The molecule has 17 heavy (non-hydrogen) atoms. The smallest absolute Gasteiger partial charge is 0.277 e. The zero-order valence-electron chi connectivity index (χ0n) is 9.13. The Kier molecular flexibility index (Phi) is 4.09. The summed E-state index contributed by atoms with van der Waals surface area (Å²) >= 11 is 1.53. The maximum atomic E-state index is 5.22. The van der Waals surface area contributed by atoms with Crippen molar-refractivity contribution in [2.45, 2.75) is 18.8 Å². The van der Waals surface area contributed by atoms with Gasteiger partial charge in [0.25, 0.3) is 5.89 Å². The molecule has 0 aromatic carbocycles. The number of thiazole rings is 1. The second-order valence-corrected chi connectivity index (χ2v) is 4.59. The molecule has 0 aliphatic carbocycles. The van der Waals surface area contributed by atoms with Crippen molar-refractivity contribution < 1.29 is 4.52 Å². The lowest BCUT2D eigenvalue weighted by atomic mass is 9.99. The molecule has 0 spiro atoms. The molecule has 5 nitrogen and oxygen atoms in total. The number of nitrogens with zero attached hydrogens (tertiary/aromatic N) is 3. The van der Waals surface area contributed by atoms with E-state index in [-0.39, 0.29) is 12.4 Å². The van der Waals surface area contributed by atoms with Crippen LogP contribution in [-0.2, 0) is 0 Å². The first-order valence-electron chi connectivity index (χ1n) is 5.36. The Hall–Kier alpha value is -0.980. The van der Waals surface area contributed by atoms with Gasteiger partial charge in [-0.15, -0.1) is 23.7 Å². The van der Waals surface area contributed by atoms with Gasteiger partial charge in [-0.25, -0.2) is 4.98 Å². The van der Waals surface area contributed by atoms with Gasteiger partial charge in [-0.3, -0.25) is 0 Å². The van der Waals surface area contributed by atoms with E-state index >= 15 is 0 Å². The lowest BCUT2D eigenvalue weighted by Gasteiger charge is -2.19. The average Bonchev–Trinajstić information content (AvgIpc) is 3.01. The standard InChI is InChI=1S/C10H12N4OS.ClH/c1-2-7(4-11-3-1)9-13-10(15-14-9)8-5-16-6-12-8;/h5-7,11H,1-4H2;1H. The molecule has 3 heterocycles. The second kappa shape index (κ2) is 5.57. The second-order valence-electron chi connectivity index (χ2n) is 3.87. The van der Waals surface area contributed by atoms with E-state index < -0.39 is 0 Å². The minimum atomic E-state index is 0. The van der Waals surface area contributed by atoms with E-state index in [0.717, 1.165) is 31.0 Å². The van der Waals surface area contributed by atoms with E-state index in [2.05, 4.69) is 20.4 Å². The third-order valence-electron chi connectivity index (χ3n) is 2.76. The predicted molar refractivity (Wildman–Crippen MR) is 67.5 cm³/mol. The van der Waals surface area contributed by atoms with Crippen LogP contribution < -0.4 is 5.32 Å². The number of hydrogen-bond donors (Lipinski definition) is 1. The number of piperidine rings is 1. The molecule has 0 bridgehead atoms. The molecule has 1 fully saturated rings. The van der Waals surface area contributed by atoms with Crippen LogP contribution in [0.3, 0.4) is 0 Å². The zero-order valence-corrected chi connectivity index (χ0v) is 10.8. The number of hydrogen-bond acceptors (Lipinski definition) is 6. The molecule has 0 radical (unpaired) electrons. The molecule has 3 rings (SSSR count). The average molecular weight is 273 g/mol. The molecule has 1 aliphatic rings. The Morgan fingerprint density at radius 1 is 1.47 bits per heavy atom. The van der Waals surface area contributed by atoms with Crippen molar-refractivity contribution in [3.05, 3.63) is 16.7 Å². The number of aromatic nitrogens is 3. The van der Waals surface area contributed by atoms with Gasteiger partial charge in [0.15, 0.2) is 5.82 Å². The third kappa shape index (κ3) is 2.65. The molecule has 1 aliphatic heterocycles. The zero-order chi connectivity index (χ0) is 10.8. The largest absolute Gasteiger partial charge is 0.332 e. The van der Waals surface area contributed by atoms with Crippen LogP contribution in [-0.4, -0.2) is 28.2 Å². The molecule has 2 aromatic heterocycles. The molecule has 1 saturated heterocycles. The molecule has 1 N–H and O–H groups in total. The molecule has 92 valence electrons. The molecule has 7 heteroatoms. The summed E-state index contributed by atoms with van der Waals surface area (Å²) < 4.78 is 5.22. The van der Waals surface area contributed by atoms with Crippen LogP contribution in [0, 0.1) is 0 Å². The Labute approximate surface area is 109 Å². The van der Waals surface area contributed by atoms with Crippen molar-refractivity contribution in [3.63, 3.8) is 0 Å². The number of nitrogens with one attached hydrogen (secondary N) is 1. The highest BCUT2D eigenvalue weighted by atomic mass is 35.5. The van der Waals surface area contributed by atoms with Crippen molar-refractivity contribution in [2.75, 3.05) is 13.1 Å². The van der Waals surface area contributed by atoms with E-state index in [9.17, 15) is 0 Å². The Bertz CT molecular complexity index is 453. The minimum Gasteiger partial charge on any atom is -0.332 e. The quantitative estimate of drug-likeness (QED) is 0.907. The van der Waals surface area contributed by atoms with Crippen LogP contribution in [0.25, 0.3) is 11.6 Å². The molecule has 0 amide bonds. The fourth-order valence-electron chi connectivity index (χ4n) is 1.90. The Morgan fingerprint density at radius 3 is 3.12 bits per heavy atom.